The van der Waals surface area contributed by atoms with E-state index in [4.69, 9.17) is 15.0 Å². The smallest absolute Gasteiger partial charge is 0.254 e. The molecule has 0 saturated carbocycles. The third-order valence-corrected chi connectivity index (χ3v) is 5.99. The molecule has 0 aliphatic heterocycles. The molecule has 32 heavy (non-hydrogen) atoms. The van der Waals surface area contributed by atoms with E-state index in [1.807, 2.05) is 48.5 Å². The van der Waals surface area contributed by atoms with Gasteiger partial charge in [0.1, 0.15) is 5.75 Å². The summed E-state index contributed by atoms with van der Waals surface area (Å²) < 4.78 is 5.28. The maximum atomic E-state index is 13.5. The summed E-state index contributed by atoms with van der Waals surface area (Å²) in [5.41, 5.74) is 5.68. The van der Waals surface area contributed by atoms with E-state index >= 15 is 0 Å². The molecule has 5 nitrogen and oxygen atoms in total. The first kappa shape index (κ1) is 21.6. The predicted molar refractivity (Wildman–Crippen MR) is 127 cm³/mol. The topological polar surface area (TPSA) is 66.2 Å². The van der Waals surface area contributed by atoms with E-state index in [-0.39, 0.29) is 5.91 Å². The molecule has 1 unspecified atom stereocenters. The number of nitriles is 1. The van der Waals surface area contributed by atoms with Crippen LogP contribution in [0.5, 0.6) is 5.75 Å². The van der Waals surface area contributed by atoms with Crippen molar-refractivity contribution < 1.29 is 9.53 Å². The van der Waals surface area contributed by atoms with Gasteiger partial charge in [-0.2, -0.15) is 5.26 Å². The van der Waals surface area contributed by atoms with Gasteiger partial charge in [-0.1, -0.05) is 37.3 Å². The van der Waals surface area contributed by atoms with E-state index in [0.717, 1.165) is 57.5 Å². The van der Waals surface area contributed by atoms with E-state index in [1.54, 1.807) is 19.1 Å². The molecule has 4 rings (SSSR count). The molecule has 0 spiro atoms. The first-order valence-corrected chi connectivity index (χ1v) is 10.9. The van der Waals surface area contributed by atoms with Crippen LogP contribution in [0.2, 0.25) is 0 Å². The molecule has 1 aliphatic rings. The van der Waals surface area contributed by atoms with Crippen molar-refractivity contribution in [1.82, 2.24) is 9.88 Å². The van der Waals surface area contributed by atoms with Gasteiger partial charge in [-0.25, -0.2) is 4.98 Å². The number of hydrogen-bond acceptors (Lipinski definition) is 4. The summed E-state index contributed by atoms with van der Waals surface area (Å²) in [6.07, 6.45) is 4.19. The summed E-state index contributed by atoms with van der Waals surface area (Å²) in [5, 5.41) is 9.83. The number of amides is 1. The third-order valence-electron chi connectivity index (χ3n) is 5.99. The number of aromatic nitrogens is 1. The average molecular weight is 426 g/mol. The number of carbonyl (C=O) groups excluding carboxylic acids is 1. The lowest BCUT2D eigenvalue weighted by molar-refractivity contribution is 0.0798. The highest BCUT2D eigenvalue weighted by Crippen LogP contribution is 2.39. The van der Waals surface area contributed by atoms with Gasteiger partial charge in [0.2, 0.25) is 0 Å². The van der Waals surface area contributed by atoms with Crippen molar-refractivity contribution in [2.24, 2.45) is 5.92 Å². The summed E-state index contributed by atoms with van der Waals surface area (Å²) in [4.78, 5) is 20.2. The molecule has 1 aliphatic carbocycles. The maximum Gasteiger partial charge on any atom is 0.254 e. The number of fused-ring (bicyclic) bond motifs is 2. The van der Waals surface area contributed by atoms with Gasteiger partial charge >= 0.3 is 0 Å². The quantitative estimate of drug-likeness (QED) is 0.552. The highest BCUT2D eigenvalue weighted by molar-refractivity contribution is 6.09. The van der Waals surface area contributed by atoms with Crippen LogP contribution in [0.25, 0.3) is 22.6 Å². The number of hydrogen-bond donors (Lipinski definition) is 0. The van der Waals surface area contributed by atoms with Crippen molar-refractivity contribution in [2.45, 2.75) is 26.2 Å². The number of nitrogens with zero attached hydrogens (tertiary/aromatic N) is 3. The van der Waals surface area contributed by atoms with Gasteiger partial charge in [-0.05, 0) is 59.7 Å². The lowest BCUT2D eigenvalue weighted by atomic mass is 9.80. The minimum absolute atomic E-state index is 0.0482. The zero-order valence-electron chi connectivity index (χ0n) is 18.8. The fourth-order valence-corrected chi connectivity index (χ4v) is 4.39. The summed E-state index contributed by atoms with van der Waals surface area (Å²) >= 11 is 0. The van der Waals surface area contributed by atoms with Gasteiger partial charge in [0.25, 0.3) is 5.91 Å². The van der Waals surface area contributed by atoms with Crippen molar-refractivity contribution in [3.05, 3.63) is 70.9 Å². The SMILES string of the molecule is COc1ccc(/C=C2\CC(C)Cc3c2nc2ccccc2c3C(=O)N(C)CCC#N)cc1. The van der Waals surface area contributed by atoms with Crippen LogP contribution in [0.15, 0.2) is 48.5 Å². The Labute approximate surface area is 189 Å². The van der Waals surface area contributed by atoms with E-state index in [0.29, 0.717) is 18.9 Å². The molecule has 162 valence electrons. The fraction of sp³-hybridized carbons (Fsp3) is 0.296. The second kappa shape index (κ2) is 9.23. The van der Waals surface area contributed by atoms with Crippen LogP contribution < -0.4 is 4.74 Å². The molecule has 0 N–H and O–H groups in total. The number of carbonyl (C=O) groups is 1. The Kier molecular flexibility index (Phi) is 6.23. The first-order valence-electron chi connectivity index (χ1n) is 10.9. The minimum atomic E-state index is -0.0482. The van der Waals surface area contributed by atoms with Crippen LogP contribution in [-0.2, 0) is 6.42 Å². The number of rotatable bonds is 5. The van der Waals surface area contributed by atoms with E-state index in [2.05, 4.69) is 19.1 Å². The number of pyridine rings is 1. The molecule has 0 bridgehead atoms. The van der Waals surface area contributed by atoms with Crippen LogP contribution in [-0.4, -0.2) is 36.5 Å². The van der Waals surface area contributed by atoms with Crippen molar-refractivity contribution >= 4 is 28.5 Å². The van der Waals surface area contributed by atoms with Gasteiger partial charge < -0.3 is 9.64 Å². The summed E-state index contributed by atoms with van der Waals surface area (Å²) in [6, 6.07) is 17.9. The minimum Gasteiger partial charge on any atom is -0.497 e. The highest BCUT2D eigenvalue weighted by Gasteiger charge is 2.29. The van der Waals surface area contributed by atoms with Crippen LogP contribution in [0.1, 0.15) is 46.9 Å². The molecule has 3 aromatic rings. The Hall–Kier alpha value is -3.65. The number of ether oxygens (including phenoxy) is 1. The molecular weight excluding hydrogens is 398 g/mol. The Balaban J connectivity index is 1.88. The van der Waals surface area contributed by atoms with Crippen LogP contribution in [0.3, 0.4) is 0 Å². The number of methoxy groups -OCH3 is 1. The Morgan fingerprint density at radius 2 is 1.97 bits per heavy atom. The molecule has 0 fully saturated rings. The van der Waals surface area contributed by atoms with Crippen LogP contribution in [0, 0.1) is 17.2 Å². The number of para-hydroxylation sites is 1. The molecule has 1 amide bonds. The largest absolute Gasteiger partial charge is 0.497 e. The zero-order chi connectivity index (χ0) is 22.7. The highest BCUT2D eigenvalue weighted by atomic mass is 16.5. The Bertz CT molecular complexity index is 1220. The standard InChI is InChI=1S/C27H27N3O2/c1-18-15-20(17-19-9-11-21(32-3)12-10-19)26-23(16-18)25(27(31)30(2)14-6-13-28)22-7-4-5-8-24(22)29-26/h4-5,7-12,17-18H,6,14-16H2,1-3H3/b20-17+. The summed E-state index contributed by atoms with van der Waals surface area (Å²) in [7, 11) is 3.43. The molecule has 0 radical (unpaired) electrons. The van der Waals surface area contributed by atoms with Gasteiger partial charge in [0.05, 0.1) is 36.4 Å². The molecule has 5 heteroatoms. The molecular formula is C27H27N3O2. The van der Waals surface area contributed by atoms with Crippen molar-refractivity contribution in [3.63, 3.8) is 0 Å². The van der Waals surface area contributed by atoms with Crippen LogP contribution >= 0.6 is 0 Å². The first-order chi connectivity index (χ1) is 15.5. The molecule has 1 heterocycles. The average Bonchev–Trinajstić information content (AvgIpc) is 2.81. The Morgan fingerprint density at radius 1 is 1.22 bits per heavy atom. The van der Waals surface area contributed by atoms with Gasteiger partial charge in [0, 0.05) is 19.0 Å². The molecule has 1 atom stereocenters. The van der Waals surface area contributed by atoms with E-state index in [1.165, 1.54) is 0 Å². The van der Waals surface area contributed by atoms with E-state index in [9.17, 15) is 4.79 Å². The lowest BCUT2D eigenvalue weighted by Crippen LogP contribution is -2.30. The van der Waals surface area contributed by atoms with E-state index < -0.39 is 0 Å². The zero-order valence-corrected chi connectivity index (χ0v) is 18.8. The summed E-state index contributed by atoms with van der Waals surface area (Å²) in [5.74, 6) is 1.17. The molecule has 1 aromatic heterocycles. The monoisotopic (exact) mass is 425 g/mol. The number of allylic oxidation sites excluding steroid dienone is 1. The Morgan fingerprint density at radius 3 is 2.69 bits per heavy atom. The second-order valence-electron chi connectivity index (χ2n) is 8.42. The second-order valence-corrected chi connectivity index (χ2v) is 8.42. The molecule has 0 saturated heterocycles. The van der Waals surface area contributed by atoms with Gasteiger partial charge in [-0.3, -0.25) is 4.79 Å². The van der Waals surface area contributed by atoms with Crippen molar-refractivity contribution in [3.8, 4) is 11.8 Å². The molecule has 2 aromatic carbocycles. The van der Waals surface area contributed by atoms with Crippen molar-refractivity contribution in [1.29, 1.82) is 5.26 Å². The third kappa shape index (κ3) is 4.22. The summed E-state index contributed by atoms with van der Waals surface area (Å²) in [6.45, 7) is 2.62. The normalized spacial score (nSPS) is 16.4. The maximum absolute atomic E-state index is 13.5. The van der Waals surface area contributed by atoms with Gasteiger partial charge in [0.15, 0.2) is 0 Å². The van der Waals surface area contributed by atoms with Gasteiger partial charge in [-0.15, -0.1) is 0 Å². The van der Waals surface area contributed by atoms with Crippen LogP contribution in [0.4, 0.5) is 0 Å². The predicted octanol–water partition coefficient (Wildman–Crippen LogP) is 5.35. The fourth-order valence-electron chi connectivity index (χ4n) is 4.39. The number of benzene rings is 2. The van der Waals surface area contributed by atoms with Crippen molar-refractivity contribution in [2.75, 3.05) is 20.7 Å². The lowest BCUT2D eigenvalue weighted by Gasteiger charge is -2.28.